The number of rotatable bonds is 8. The summed E-state index contributed by atoms with van der Waals surface area (Å²) in [5, 5.41) is 9.02. The monoisotopic (exact) mass is 526 g/mol. The van der Waals surface area contributed by atoms with Gasteiger partial charge in [-0.15, -0.1) is 0 Å². The fourth-order valence-corrected chi connectivity index (χ4v) is 6.96. The molecule has 10 heteroatoms. The summed E-state index contributed by atoms with van der Waals surface area (Å²) in [6, 6.07) is 15.5. The third-order valence-electron chi connectivity index (χ3n) is 7.51. The van der Waals surface area contributed by atoms with Crippen molar-refractivity contribution in [2.24, 2.45) is 5.92 Å². The van der Waals surface area contributed by atoms with E-state index >= 15 is 0 Å². The summed E-state index contributed by atoms with van der Waals surface area (Å²) >= 11 is 0. The zero-order valence-electron chi connectivity index (χ0n) is 20.4. The second kappa shape index (κ2) is 10.2. The van der Waals surface area contributed by atoms with Crippen molar-refractivity contribution < 1.29 is 32.6 Å². The number of cyclic esters (lactones) is 1. The van der Waals surface area contributed by atoms with E-state index in [1.807, 2.05) is 30.3 Å². The van der Waals surface area contributed by atoms with Gasteiger partial charge in [-0.2, -0.15) is 0 Å². The standard InChI is InChI=1S/C27H30N2O7S/c30-25(29-21(17-36-27(29)33)14-18-4-2-1-3-5-18)24(15-19-12-13-28(16-19)26(31)32)20-6-8-22(9-7-20)37(34,35)23-10-11-23/h1-9,19,21,23-24H,10-17H2,(H,31,32)/t19?,21-,24-/m1/s1. The highest BCUT2D eigenvalue weighted by Gasteiger charge is 2.43. The van der Waals surface area contributed by atoms with E-state index in [9.17, 15) is 27.9 Å². The van der Waals surface area contributed by atoms with Crippen molar-refractivity contribution in [1.82, 2.24) is 9.80 Å². The first kappa shape index (κ1) is 25.3. The second-order valence-corrected chi connectivity index (χ2v) is 12.3. The molecule has 3 aliphatic rings. The summed E-state index contributed by atoms with van der Waals surface area (Å²) in [4.78, 5) is 40.8. The minimum Gasteiger partial charge on any atom is -0.465 e. The maximum Gasteiger partial charge on any atom is 0.417 e. The largest absolute Gasteiger partial charge is 0.465 e. The number of carbonyl (C=O) groups is 3. The molecule has 3 amide bonds. The van der Waals surface area contributed by atoms with Crippen LogP contribution in [-0.4, -0.2) is 72.4 Å². The zero-order chi connectivity index (χ0) is 26.2. The molecule has 2 saturated heterocycles. The third-order valence-corrected chi connectivity index (χ3v) is 9.79. The van der Waals surface area contributed by atoms with E-state index in [0.717, 1.165) is 5.56 Å². The summed E-state index contributed by atoms with van der Waals surface area (Å²) in [5.41, 5.74) is 1.58. The van der Waals surface area contributed by atoms with Crippen molar-refractivity contribution in [1.29, 1.82) is 0 Å². The normalized spacial score (nSPS) is 22.6. The molecule has 3 atom stereocenters. The predicted molar refractivity (Wildman–Crippen MR) is 134 cm³/mol. The first-order valence-electron chi connectivity index (χ1n) is 12.6. The number of amides is 3. The number of imide groups is 1. The smallest absolute Gasteiger partial charge is 0.417 e. The molecule has 1 aliphatic carbocycles. The Labute approximate surface area is 215 Å². The number of hydrogen-bond donors (Lipinski definition) is 1. The Bertz CT molecular complexity index is 1280. The van der Waals surface area contributed by atoms with Gasteiger partial charge in [0.25, 0.3) is 0 Å². The minimum absolute atomic E-state index is 0.0638. The highest BCUT2D eigenvalue weighted by atomic mass is 32.2. The second-order valence-electron chi connectivity index (χ2n) is 10.1. The van der Waals surface area contributed by atoms with Crippen molar-refractivity contribution >= 4 is 27.9 Å². The Morgan fingerprint density at radius 2 is 1.73 bits per heavy atom. The van der Waals surface area contributed by atoms with Gasteiger partial charge in [-0.3, -0.25) is 4.79 Å². The Kier molecular flexibility index (Phi) is 6.94. The summed E-state index contributed by atoms with van der Waals surface area (Å²) in [7, 11) is -3.38. The maximum absolute atomic E-state index is 13.9. The molecule has 0 bridgehead atoms. The first-order valence-corrected chi connectivity index (χ1v) is 14.1. The molecule has 0 aromatic heterocycles. The van der Waals surface area contributed by atoms with E-state index in [1.165, 1.54) is 21.9 Å². The molecule has 37 heavy (non-hydrogen) atoms. The average molecular weight is 527 g/mol. The van der Waals surface area contributed by atoms with Gasteiger partial charge in [-0.1, -0.05) is 42.5 Å². The lowest BCUT2D eigenvalue weighted by atomic mass is 9.86. The molecule has 2 aromatic rings. The third kappa shape index (κ3) is 5.34. The van der Waals surface area contributed by atoms with Crippen molar-refractivity contribution in [3.05, 3.63) is 65.7 Å². The number of sulfone groups is 1. The lowest BCUT2D eigenvalue weighted by Crippen LogP contribution is -2.43. The topological polar surface area (TPSA) is 121 Å². The molecule has 1 N–H and O–H groups in total. The number of hydrogen-bond acceptors (Lipinski definition) is 6. The van der Waals surface area contributed by atoms with Crippen LogP contribution in [0.3, 0.4) is 0 Å². The number of carboxylic acid groups (broad SMARTS) is 1. The molecule has 2 heterocycles. The van der Waals surface area contributed by atoms with Gasteiger partial charge in [0.1, 0.15) is 6.61 Å². The molecular formula is C27H30N2O7S. The summed E-state index contributed by atoms with van der Waals surface area (Å²) in [6.45, 7) is 0.800. The van der Waals surface area contributed by atoms with E-state index in [4.69, 9.17) is 4.74 Å². The Morgan fingerprint density at radius 3 is 2.35 bits per heavy atom. The summed E-state index contributed by atoms with van der Waals surface area (Å²) < 4.78 is 30.6. The first-order chi connectivity index (χ1) is 17.7. The van der Waals surface area contributed by atoms with E-state index in [1.54, 1.807) is 12.1 Å². The van der Waals surface area contributed by atoms with Crippen molar-refractivity contribution in [2.45, 2.75) is 54.2 Å². The number of carbonyl (C=O) groups excluding carboxylic acids is 2. The molecule has 0 radical (unpaired) electrons. The van der Waals surface area contributed by atoms with E-state index in [0.29, 0.717) is 50.8 Å². The lowest BCUT2D eigenvalue weighted by molar-refractivity contribution is -0.131. The number of ether oxygens (including phenoxy) is 1. The quantitative estimate of drug-likeness (QED) is 0.557. The minimum atomic E-state index is -3.38. The number of likely N-dealkylation sites (tertiary alicyclic amines) is 1. The Morgan fingerprint density at radius 1 is 1.03 bits per heavy atom. The van der Waals surface area contributed by atoms with Crippen molar-refractivity contribution in [3.8, 4) is 0 Å². The van der Waals surface area contributed by atoms with E-state index < -0.39 is 39.9 Å². The van der Waals surface area contributed by atoms with Gasteiger partial charge < -0.3 is 14.7 Å². The highest BCUT2D eigenvalue weighted by Crippen LogP contribution is 2.36. The van der Waals surface area contributed by atoms with Crippen LogP contribution < -0.4 is 0 Å². The SMILES string of the molecule is O=C(O)N1CCC(C[C@@H](C(=O)N2C(=O)OC[C@H]2Cc2ccccc2)c2ccc(S(=O)(=O)C3CC3)cc2)C1. The van der Waals surface area contributed by atoms with Crippen LogP contribution in [0.1, 0.15) is 42.7 Å². The summed E-state index contributed by atoms with van der Waals surface area (Å²) in [5.74, 6) is -1.21. The molecule has 5 rings (SSSR count). The molecular weight excluding hydrogens is 496 g/mol. The summed E-state index contributed by atoms with van der Waals surface area (Å²) in [6.07, 6.45) is 1.05. The molecule has 2 aromatic carbocycles. The Hall–Kier alpha value is -3.40. The number of nitrogens with zero attached hydrogens (tertiary/aromatic N) is 2. The van der Waals surface area contributed by atoms with E-state index in [-0.39, 0.29) is 22.7 Å². The van der Waals surface area contributed by atoms with Crippen LogP contribution in [0, 0.1) is 5.92 Å². The molecule has 1 saturated carbocycles. The number of benzene rings is 2. The van der Waals surface area contributed by atoms with Crippen LogP contribution in [0.2, 0.25) is 0 Å². The van der Waals surface area contributed by atoms with Gasteiger partial charge in [-0.25, -0.2) is 22.9 Å². The van der Waals surface area contributed by atoms with Crippen LogP contribution in [0.25, 0.3) is 0 Å². The van der Waals surface area contributed by atoms with Crippen LogP contribution in [-0.2, 0) is 25.8 Å². The zero-order valence-corrected chi connectivity index (χ0v) is 21.2. The van der Waals surface area contributed by atoms with Crippen molar-refractivity contribution in [2.75, 3.05) is 19.7 Å². The molecule has 196 valence electrons. The predicted octanol–water partition coefficient (Wildman–Crippen LogP) is 3.69. The molecule has 3 fully saturated rings. The highest BCUT2D eigenvalue weighted by molar-refractivity contribution is 7.92. The van der Waals surface area contributed by atoms with Crippen LogP contribution in [0.15, 0.2) is 59.5 Å². The van der Waals surface area contributed by atoms with Crippen LogP contribution >= 0.6 is 0 Å². The van der Waals surface area contributed by atoms with Gasteiger partial charge in [0.05, 0.1) is 22.1 Å². The average Bonchev–Trinajstić information content (AvgIpc) is 3.55. The van der Waals surface area contributed by atoms with Gasteiger partial charge in [0.15, 0.2) is 9.84 Å². The van der Waals surface area contributed by atoms with Crippen LogP contribution in [0.4, 0.5) is 9.59 Å². The molecule has 0 spiro atoms. The van der Waals surface area contributed by atoms with Gasteiger partial charge >= 0.3 is 12.2 Å². The van der Waals surface area contributed by atoms with Crippen molar-refractivity contribution in [3.63, 3.8) is 0 Å². The molecule has 1 unspecified atom stereocenters. The molecule has 9 nitrogen and oxygen atoms in total. The fourth-order valence-electron chi connectivity index (χ4n) is 5.31. The fraction of sp³-hybridized carbons (Fsp3) is 0.444. The maximum atomic E-state index is 13.9. The van der Waals surface area contributed by atoms with Gasteiger partial charge in [0.2, 0.25) is 5.91 Å². The Balaban J connectivity index is 1.42. The van der Waals surface area contributed by atoms with Crippen LogP contribution in [0.5, 0.6) is 0 Å². The van der Waals surface area contributed by atoms with E-state index in [2.05, 4.69) is 0 Å². The lowest BCUT2D eigenvalue weighted by Gasteiger charge is -2.27. The van der Waals surface area contributed by atoms with Gasteiger partial charge in [-0.05, 0) is 61.3 Å². The molecule has 2 aliphatic heterocycles. The van der Waals surface area contributed by atoms with Gasteiger partial charge in [0, 0.05) is 13.1 Å².